The number of nitriles is 1. The molecule has 0 atom stereocenters. The molecule has 2 rings (SSSR count). The summed E-state index contributed by atoms with van der Waals surface area (Å²) in [5.41, 5.74) is 6.38. The fraction of sp³-hybridized carbons (Fsp3) is 0.214. The first kappa shape index (κ1) is 14.9. The molecule has 0 saturated carbocycles. The maximum absolute atomic E-state index is 11.8. The third-order valence-electron chi connectivity index (χ3n) is 2.77. The molecule has 0 spiro atoms. The van der Waals surface area contributed by atoms with Crippen LogP contribution in [-0.2, 0) is 11.8 Å². The molecule has 6 nitrogen and oxygen atoms in total. The summed E-state index contributed by atoms with van der Waals surface area (Å²) in [4.78, 5) is 12.8. The van der Waals surface area contributed by atoms with Crippen molar-refractivity contribution in [3.8, 4) is 6.07 Å². The molecule has 0 aliphatic rings. The van der Waals surface area contributed by atoms with Gasteiger partial charge in [-0.15, -0.1) is 11.8 Å². The zero-order valence-electron chi connectivity index (χ0n) is 11.8. The van der Waals surface area contributed by atoms with Crippen molar-refractivity contribution < 1.29 is 4.79 Å². The van der Waals surface area contributed by atoms with E-state index in [1.807, 2.05) is 30.3 Å². The molecular formula is C14H15N5OS. The largest absolute Gasteiger partial charge is 0.281 e. The van der Waals surface area contributed by atoms with Crippen molar-refractivity contribution in [3.63, 3.8) is 0 Å². The molecule has 0 fully saturated rings. The number of nitrogens with zero attached hydrogens (tertiary/aromatic N) is 3. The van der Waals surface area contributed by atoms with E-state index in [9.17, 15) is 4.79 Å². The molecule has 1 heterocycles. The van der Waals surface area contributed by atoms with Gasteiger partial charge in [-0.1, -0.05) is 18.2 Å². The maximum Gasteiger partial charge on any atom is 0.248 e. The van der Waals surface area contributed by atoms with Crippen molar-refractivity contribution >= 4 is 23.5 Å². The van der Waals surface area contributed by atoms with Gasteiger partial charge >= 0.3 is 0 Å². The Hall–Kier alpha value is -2.46. The second-order valence-corrected chi connectivity index (χ2v) is 5.37. The molecule has 2 aromatic rings. The Morgan fingerprint density at radius 3 is 2.81 bits per heavy atom. The van der Waals surface area contributed by atoms with Gasteiger partial charge in [0, 0.05) is 11.9 Å². The first-order valence-corrected chi connectivity index (χ1v) is 7.26. The standard InChI is InChI=1S/C14H15N5OS/c1-10-12(8-15)14(19(2)18-10)17-16-13(20)9-21-11-6-4-3-5-7-11/h3-7,17H,9H2,1-2H3,(H,16,20). The number of hydrogen-bond donors (Lipinski definition) is 2. The molecule has 2 N–H and O–H groups in total. The van der Waals surface area contributed by atoms with Crippen molar-refractivity contribution in [2.45, 2.75) is 11.8 Å². The normalized spacial score (nSPS) is 9.95. The average Bonchev–Trinajstić information content (AvgIpc) is 2.77. The molecule has 0 aliphatic heterocycles. The van der Waals surface area contributed by atoms with Gasteiger partial charge < -0.3 is 0 Å². The van der Waals surface area contributed by atoms with Crippen LogP contribution in [0.3, 0.4) is 0 Å². The Kier molecular flexibility index (Phi) is 4.85. The lowest BCUT2D eigenvalue weighted by Gasteiger charge is -2.08. The summed E-state index contributed by atoms with van der Waals surface area (Å²) in [6, 6.07) is 11.7. The van der Waals surface area contributed by atoms with Crippen molar-refractivity contribution in [2.75, 3.05) is 11.2 Å². The van der Waals surface area contributed by atoms with Crippen LogP contribution in [0, 0.1) is 18.3 Å². The number of anilines is 1. The second kappa shape index (κ2) is 6.81. The summed E-state index contributed by atoms with van der Waals surface area (Å²) < 4.78 is 1.53. The number of benzene rings is 1. The number of carbonyl (C=O) groups is 1. The lowest BCUT2D eigenvalue weighted by atomic mass is 10.3. The molecule has 1 aromatic carbocycles. The molecule has 0 aliphatic carbocycles. The van der Waals surface area contributed by atoms with Gasteiger partial charge in [0.25, 0.3) is 0 Å². The van der Waals surface area contributed by atoms with Crippen LogP contribution >= 0.6 is 11.8 Å². The molecule has 21 heavy (non-hydrogen) atoms. The number of aromatic nitrogens is 2. The number of rotatable bonds is 5. The van der Waals surface area contributed by atoms with Crippen LogP contribution in [0.4, 0.5) is 5.82 Å². The maximum atomic E-state index is 11.8. The lowest BCUT2D eigenvalue weighted by molar-refractivity contribution is -0.118. The van der Waals surface area contributed by atoms with Crippen molar-refractivity contribution in [2.24, 2.45) is 7.05 Å². The van der Waals surface area contributed by atoms with E-state index in [0.29, 0.717) is 17.1 Å². The van der Waals surface area contributed by atoms with Crippen LogP contribution in [0.15, 0.2) is 35.2 Å². The van der Waals surface area contributed by atoms with Crippen LogP contribution in [0.5, 0.6) is 0 Å². The zero-order valence-corrected chi connectivity index (χ0v) is 12.6. The minimum Gasteiger partial charge on any atom is -0.281 e. The highest BCUT2D eigenvalue weighted by Crippen LogP contribution is 2.17. The van der Waals surface area contributed by atoms with E-state index in [1.165, 1.54) is 16.4 Å². The Morgan fingerprint density at radius 1 is 1.43 bits per heavy atom. The Balaban J connectivity index is 1.89. The SMILES string of the molecule is Cc1nn(C)c(NNC(=O)CSc2ccccc2)c1C#N. The van der Waals surface area contributed by atoms with Gasteiger partial charge in [0.15, 0.2) is 5.82 Å². The Bertz CT molecular complexity index is 675. The molecule has 0 unspecified atom stereocenters. The van der Waals surface area contributed by atoms with Crippen LogP contribution in [-0.4, -0.2) is 21.4 Å². The highest BCUT2D eigenvalue weighted by molar-refractivity contribution is 8.00. The number of carbonyl (C=O) groups excluding carboxylic acids is 1. The fourth-order valence-corrected chi connectivity index (χ4v) is 2.49. The summed E-state index contributed by atoms with van der Waals surface area (Å²) in [7, 11) is 1.71. The molecule has 0 saturated heterocycles. The highest BCUT2D eigenvalue weighted by Gasteiger charge is 2.13. The smallest absolute Gasteiger partial charge is 0.248 e. The Morgan fingerprint density at radius 2 is 2.14 bits per heavy atom. The second-order valence-electron chi connectivity index (χ2n) is 4.32. The summed E-state index contributed by atoms with van der Waals surface area (Å²) in [6.07, 6.45) is 0. The van der Waals surface area contributed by atoms with Crippen LogP contribution in [0.25, 0.3) is 0 Å². The van der Waals surface area contributed by atoms with Gasteiger partial charge in [-0.3, -0.25) is 20.3 Å². The molecule has 0 radical (unpaired) electrons. The third-order valence-corrected chi connectivity index (χ3v) is 3.78. The van der Waals surface area contributed by atoms with Gasteiger partial charge in [-0.25, -0.2) is 0 Å². The van der Waals surface area contributed by atoms with E-state index in [-0.39, 0.29) is 11.7 Å². The average molecular weight is 301 g/mol. The number of thioether (sulfide) groups is 1. The number of nitrogens with one attached hydrogen (secondary N) is 2. The third kappa shape index (κ3) is 3.77. The van der Waals surface area contributed by atoms with Crippen molar-refractivity contribution in [1.82, 2.24) is 15.2 Å². The van der Waals surface area contributed by atoms with E-state index in [0.717, 1.165) is 4.90 Å². The van der Waals surface area contributed by atoms with E-state index in [1.54, 1.807) is 14.0 Å². The van der Waals surface area contributed by atoms with Gasteiger partial charge in [0.1, 0.15) is 11.6 Å². The number of hydrazine groups is 1. The van der Waals surface area contributed by atoms with E-state index in [4.69, 9.17) is 5.26 Å². The minimum atomic E-state index is -0.174. The quantitative estimate of drug-likeness (QED) is 0.650. The molecule has 1 aromatic heterocycles. The predicted octanol–water partition coefficient (Wildman–Crippen LogP) is 1.84. The predicted molar refractivity (Wildman–Crippen MR) is 81.6 cm³/mol. The van der Waals surface area contributed by atoms with Gasteiger partial charge in [-0.2, -0.15) is 10.4 Å². The zero-order chi connectivity index (χ0) is 15.2. The molecular weight excluding hydrogens is 286 g/mol. The number of hydrogen-bond acceptors (Lipinski definition) is 5. The van der Waals surface area contributed by atoms with Crippen LogP contribution < -0.4 is 10.9 Å². The monoisotopic (exact) mass is 301 g/mol. The van der Waals surface area contributed by atoms with E-state index >= 15 is 0 Å². The summed E-state index contributed by atoms with van der Waals surface area (Å²) in [5, 5.41) is 13.2. The highest BCUT2D eigenvalue weighted by atomic mass is 32.2. The van der Waals surface area contributed by atoms with Crippen LogP contribution in [0.2, 0.25) is 0 Å². The van der Waals surface area contributed by atoms with Gasteiger partial charge in [-0.05, 0) is 19.1 Å². The first-order valence-electron chi connectivity index (χ1n) is 6.28. The molecule has 1 amide bonds. The topological polar surface area (TPSA) is 82.7 Å². The Labute approximate surface area is 127 Å². The van der Waals surface area contributed by atoms with Crippen LogP contribution in [0.1, 0.15) is 11.3 Å². The summed E-state index contributed by atoms with van der Waals surface area (Å²) in [6.45, 7) is 1.75. The lowest BCUT2D eigenvalue weighted by Crippen LogP contribution is -2.32. The van der Waals surface area contributed by atoms with E-state index < -0.39 is 0 Å². The fourth-order valence-electron chi connectivity index (χ4n) is 1.77. The summed E-state index contributed by atoms with van der Waals surface area (Å²) in [5.74, 6) is 0.593. The van der Waals surface area contributed by atoms with Gasteiger partial charge in [0.05, 0.1) is 11.4 Å². The van der Waals surface area contributed by atoms with Crippen molar-refractivity contribution in [3.05, 3.63) is 41.6 Å². The van der Waals surface area contributed by atoms with Gasteiger partial charge in [0.2, 0.25) is 5.91 Å². The molecule has 108 valence electrons. The minimum absolute atomic E-state index is 0.174. The number of amides is 1. The van der Waals surface area contributed by atoms with E-state index in [2.05, 4.69) is 22.0 Å². The van der Waals surface area contributed by atoms with Crippen molar-refractivity contribution in [1.29, 1.82) is 5.26 Å². The molecule has 7 heteroatoms. The molecule has 0 bridgehead atoms. The first-order chi connectivity index (χ1) is 10.1. The summed E-state index contributed by atoms with van der Waals surface area (Å²) >= 11 is 1.44. The number of aryl methyl sites for hydroxylation is 2.